The largest absolute Gasteiger partial charge is 0.490 e. The molecule has 1 aromatic rings. The lowest BCUT2D eigenvalue weighted by molar-refractivity contribution is -0.135. The molecule has 0 N–H and O–H groups in total. The number of hydrogen-bond acceptors (Lipinski definition) is 5. The molecule has 4 rings (SSSR count). The summed E-state index contributed by atoms with van der Waals surface area (Å²) >= 11 is 0. The Labute approximate surface area is 190 Å². The topological polar surface area (TPSA) is 65.1 Å². The average molecular weight is 442 g/mol. The molecule has 1 fully saturated rings. The van der Waals surface area contributed by atoms with Crippen molar-refractivity contribution in [1.29, 1.82) is 0 Å². The molecule has 2 heterocycles. The number of carbonyl (C=O) groups is 2. The predicted molar refractivity (Wildman–Crippen MR) is 122 cm³/mol. The van der Waals surface area contributed by atoms with E-state index in [2.05, 4.69) is 13.8 Å². The Morgan fingerprint density at radius 2 is 1.84 bits per heavy atom. The third-order valence-electron chi connectivity index (χ3n) is 6.66. The van der Waals surface area contributed by atoms with E-state index in [1.165, 1.54) is 0 Å². The van der Waals surface area contributed by atoms with Gasteiger partial charge in [0.05, 0.1) is 30.7 Å². The third-order valence-corrected chi connectivity index (χ3v) is 6.66. The zero-order valence-corrected chi connectivity index (χ0v) is 19.5. The lowest BCUT2D eigenvalue weighted by atomic mass is 9.77. The molecule has 6 nitrogen and oxygen atoms in total. The van der Waals surface area contributed by atoms with E-state index in [0.29, 0.717) is 36.8 Å². The number of unbranched alkanes of at least 4 members (excludes halogenated alkanes) is 1. The van der Waals surface area contributed by atoms with Gasteiger partial charge in [-0.1, -0.05) is 32.8 Å². The molecule has 0 spiro atoms. The van der Waals surface area contributed by atoms with Crippen LogP contribution < -0.4 is 9.47 Å². The molecule has 32 heavy (non-hydrogen) atoms. The van der Waals surface area contributed by atoms with Gasteiger partial charge in [-0.25, -0.2) is 0 Å². The van der Waals surface area contributed by atoms with E-state index in [0.717, 1.165) is 50.5 Å². The Bertz CT molecular complexity index is 892. The molecule has 2 aliphatic heterocycles. The van der Waals surface area contributed by atoms with Crippen molar-refractivity contribution >= 4 is 11.7 Å². The summed E-state index contributed by atoms with van der Waals surface area (Å²) in [5.41, 5.74) is 1.41. The predicted octanol–water partition coefficient (Wildman–Crippen LogP) is 4.97. The normalized spacial score (nSPS) is 24.8. The second kappa shape index (κ2) is 9.97. The van der Waals surface area contributed by atoms with E-state index in [1.54, 1.807) is 0 Å². The fourth-order valence-electron chi connectivity index (χ4n) is 5.09. The van der Waals surface area contributed by atoms with Gasteiger partial charge in [-0.15, -0.1) is 0 Å². The summed E-state index contributed by atoms with van der Waals surface area (Å²) in [5, 5.41) is 0. The summed E-state index contributed by atoms with van der Waals surface area (Å²) in [7, 11) is 0. The van der Waals surface area contributed by atoms with Gasteiger partial charge in [0.2, 0.25) is 0 Å². The Hall–Kier alpha value is -2.50. The van der Waals surface area contributed by atoms with Crippen LogP contribution in [-0.4, -0.2) is 42.5 Å². The van der Waals surface area contributed by atoms with Gasteiger partial charge in [0.1, 0.15) is 6.10 Å². The smallest absolute Gasteiger partial charge is 0.290 e. The third kappa shape index (κ3) is 4.12. The standard InChI is InChI=1S/C26H35NO5/c1-4-7-14-27-23(17-12-13-20(31-15-5-2)21(16-17)30-6-3)22-24(28)18-10-8-9-11-19(18)32-25(22)26(27)29/h12-13,16,18-19,23H,4-11,14-15H2,1-3H3. The van der Waals surface area contributed by atoms with Crippen LogP contribution in [-0.2, 0) is 14.3 Å². The van der Waals surface area contributed by atoms with Crippen LogP contribution in [0.4, 0.5) is 0 Å². The quantitative estimate of drug-likeness (QED) is 0.541. The lowest BCUT2D eigenvalue weighted by Crippen LogP contribution is -2.39. The fraction of sp³-hybridized carbons (Fsp3) is 0.615. The first kappa shape index (κ1) is 22.7. The number of benzene rings is 1. The van der Waals surface area contributed by atoms with Gasteiger partial charge in [-0.3, -0.25) is 9.59 Å². The molecular formula is C26H35NO5. The van der Waals surface area contributed by atoms with Crippen LogP contribution >= 0.6 is 0 Å². The summed E-state index contributed by atoms with van der Waals surface area (Å²) in [6.07, 6.45) is 6.35. The Morgan fingerprint density at radius 3 is 2.59 bits per heavy atom. The number of fused-ring (bicyclic) bond motifs is 1. The summed E-state index contributed by atoms with van der Waals surface area (Å²) in [6, 6.07) is 5.36. The molecule has 0 aromatic heterocycles. The maximum absolute atomic E-state index is 13.6. The summed E-state index contributed by atoms with van der Waals surface area (Å²) < 4.78 is 17.9. The number of ketones is 1. The lowest BCUT2D eigenvalue weighted by Gasteiger charge is -2.35. The van der Waals surface area contributed by atoms with E-state index >= 15 is 0 Å². The van der Waals surface area contributed by atoms with Gasteiger partial charge in [-0.05, 0) is 56.7 Å². The molecule has 3 aliphatic rings. The van der Waals surface area contributed by atoms with E-state index in [4.69, 9.17) is 14.2 Å². The minimum atomic E-state index is -0.432. The van der Waals surface area contributed by atoms with E-state index < -0.39 is 6.04 Å². The molecule has 1 saturated carbocycles. The van der Waals surface area contributed by atoms with Crippen molar-refractivity contribution in [2.24, 2.45) is 5.92 Å². The van der Waals surface area contributed by atoms with Crippen molar-refractivity contribution in [3.05, 3.63) is 35.1 Å². The first-order chi connectivity index (χ1) is 15.6. The summed E-state index contributed by atoms with van der Waals surface area (Å²) in [5.74, 6) is 1.42. The maximum atomic E-state index is 13.6. The molecule has 3 unspecified atom stereocenters. The number of nitrogens with zero attached hydrogens (tertiary/aromatic N) is 1. The van der Waals surface area contributed by atoms with Crippen LogP contribution in [0.3, 0.4) is 0 Å². The zero-order valence-electron chi connectivity index (χ0n) is 19.5. The van der Waals surface area contributed by atoms with Crippen LogP contribution in [0, 0.1) is 5.92 Å². The second-order valence-electron chi connectivity index (χ2n) is 8.90. The monoisotopic (exact) mass is 441 g/mol. The van der Waals surface area contributed by atoms with Crippen molar-refractivity contribution in [3.8, 4) is 11.5 Å². The Kier molecular flexibility index (Phi) is 7.07. The SMILES string of the molecule is CCCCN1C(=O)C2=C(C(=O)C3CCCCC3O2)C1c1ccc(OCCC)c(OCC)c1. The number of amides is 1. The summed E-state index contributed by atoms with van der Waals surface area (Å²) in [6.45, 7) is 7.81. The van der Waals surface area contributed by atoms with Gasteiger partial charge >= 0.3 is 0 Å². The van der Waals surface area contributed by atoms with Crippen LogP contribution in [0.5, 0.6) is 11.5 Å². The molecule has 0 bridgehead atoms. The molecule has 1 aromatic carbocycles. The number of rotatable bonds is 9. The molecule has 1 aliphatic carbocycles. The average Bonchev–Trinajstić information content (AvgIpc) is 3.09. The highest BCUT2D eigenvalue weighted by Crippen LogP contribution is 2.47. The molecule has 0 saturated heterocycles. The van der Waals surface area contributed by atoms with E-state index in [-0.39, 0.29) is 29.5 Å². The van der Waals surface area contributed by atoms with Crippen LogP contribution in [0.1, 0.15) is 77.3 Å². The Balaban J connectivity index is 1.75. The van der Waals surface area contributed by atoms with Crippen LogP contribution in [0.2, 0.25) is 0 Å². The highest BCUT2D eigenvalue weighted by Gasteiger charge is 2.51. The van der Waals surface area contributed by atoms with Crippen LogP contribution in [0.15, 0.2) is 29.5 Å². The minimum Gasteiger partial charge on any atom is -0.490 e. The second-order valence-corrected chi connectivity index (χ2v) is 8.90. The van der Waals surface area contributed by atoms with Gasteiger partial charge in [0, 0.05) is 6.54 Å². The van der Waals surface area contributed by atoms with Crippen LogP contribution in [0.25, 0.3) is 0 Å². The number of Topliss-reactive ketones (excluding diaryl/α,β-unsaturated/α-hetero) is 1. The van der Waals surface area contributed by atoms with Crippen molar-refractivity contribution in [2.75, 3.05) is 19.8 Å². The van der Waals surface area contributed by atoms with Gasteiger partial charge < -0.3 is 19.1 Å². The number of hydrogen-bond donors (Lipinski definition) is 0. The van der Waals surface area contributed by atoms with Crippen molar-refractivity contribution < 1.29 is 23.8 Å². The number of ether oxygens (including phenoxy) is 3. The molecule has 174 valence electrons. The molecule has 6 heteroatoms. The van der Waals surface area contributed by atoms with Crippen molar-refractivity contribution in [2.45, 2.75) is 77.9 Å². The molecule has 3 atom stereocenters. The van der Waals surface area contributed by atoms with E-state index in [9.17, 15) is 9.59 Å². The minimum absolute atomic E-state index is 0.0950. The fourth-order valence-corrected chi connectivity index (χ4v) is 5.09. The van der Waals surface area contributed by atoms with Gasteiger partial charge in [0.25, 0.3) is 5.91 Å². The van der Waals surface area contributed by atoms with Gasteiger partial charge in [-0.2, -0.15) is 0 Å². The Morgan fingerprint density at radius 1 is 1.03 bits per heavy atom. The molecular weight excluding hydrogens is 406 g/mol. The van der Waals surface area contributed by atoms with Gasteiger partial charge in [0.15, 0.2) is 23.0 Å². The van der Waals surface area contributed by atoms with E-state index in [1.807, 2.05) is 30.0 Å². The molecule has 0 radical (unpaired) electrons. The molecule has 1 amide bonds. The first-order valence-corrected chi connectivity index (χ1v) is 12.3. The maximum Gasteiger partial charge on any atom is 0.290 e. The van der Waals surface area contributed by atoms with Crippen molar-refractivity contribution in [3.63, 3.8) is 0 Å². The van der Waals surface area contributed by atoms with Crippen molar-refractivity contribution in [1.82, 2.24) is 4.90 Å². The highest BCUT2D eigenvalue weighted by atomic mass is 16.5. The summed E-state index contributed by atoms with van der Waals surface area (Å²) in [4.78, 5) is 28.9. The zero-order chi connectivity index (χ0) is 22.7. The number of carbonyl (C=O) groups excluding carboxylic acids is 2. The first-order valence-electron chi connectivity index (χ1n) is 12.3. The highest BCUT2D eigenvalue weighted by molar-refractivity contribution is 6.11.